The molecule has 0 N–H and O–H groups in total. The second kappa shape index (κ2) is 7.46. The molecule has 0 atom stereocenters. The van der Waals surface area contributed by atoms with Gasteiger partial charge in [-0.1, -0.05) is 0 Å². The third-order valence-corrected chi connectivity index (χ3v) is 4.78. The zero-order valence-electron chi connectivity index (χ0n) is 14.2. The molecule has 1 fully saturated rings. The van der Waals surface area contributed by atoms with E-state index in [9.17, 15) is 4.79 Å². The van der Waals surface area contributed by atoms with Crippen molar-refractivity contribution in [1.29, 1.82) is 0 Å². The van der Waals surface area contributed by atoms with Gasteiger partial charge >= 0.3 is 0 Å². The molecule has 4 rings (SSSR count). The monoisotopic (exact) mass is 418 g/mol. The molecule has 0 spiro atoms. The van der Waals surface area contributed by atoms with E-state index in [0.29, 0.717) is 25.5 Å². The first kappa shape index (κ1) is 17.0. The van der Waals surface area contributed by atoms with Gasteiger partial charge in [-0.05, 0) is 34.1 Å². The van der Waals surface area contributed by atoms with Gasteiger partial charge in [0.1, 0.15) is 18.1 Å². The molecule has 4 heterocycles. The van der Waals surface area contributed by atoms with Crippen LogP contribution in [0.25, 0.3) is 0 Å². The molecule has 1 aliphatic rings. The summed E-state index contributed by atoms with van der Waals surface area (Å²) in [6.07, 6.45) is 7.07. The molecular formula is C17H19BrN6O2. The Morgan fingerprint density at radius 1 is 1.19 bits per heavy atom. The molecule has 1 saturated heterocycles. The van der Waals surface area contributed by atoms with Crippen LogP contribution in [0.1, 0.15) is 16.2 Å². The van der Waals surface area contributed by atoms with E-state index in [4.69, 9.17) is 4.42 Å². The number of aromatic nitrogens is 4. The van der Waals surface area contributed by atoms with E-state index in [-0.39, 0.29) is 5.91 Å². The lowest BCUT2D eigenvalue weighted by molar-refractivity contribution is 0.0613. The third-order valence-electron chi connectivity index (χ3n) is 4.37. The molecule has 1 amide bonds. The predicted octanol–water partition coefficient (Wildman–Crippen LogP) is 1.90. The van der Waals surface area contributed by atoms with Gasteiger partial charge in [0.2, 0.25) is 0 Å². The topological polar surface area (TPSA) is 72.3 Å². The van der Waals surface area contributed by atoms with Crippen LogP contribution < -0.4 is 0 Å². The van der Waals surface area contributed by atoms with Crippen molar-refractivity contribution in [3.8, 4) is 0 Å². The first-order valence-electron chi connectivity index (χ1n) is 8.43. The van der Waals surface area contributed by atoms with E-state index in [1.54, 1.807) is 34.1 Å². The number of carbonyl (C=O) groups is 1. The van der Waals surface area contributed by atoms with Crippen LogP contribution >= 0.6 is 15.9 Å². The van der Waals surface area contributed by atoms with Gasteiger partial charge in [0.05, 0.1) is 23.5 Å². The molecule has 136 valence electrons. The molecule has 9 heteroatoms. The molecule has 0 saturated carbocycles. The molecule has 0 bridgehead atoms. The number of amides is 1. The van der Waals surface area contributed by atoms with Gasteiger partial charge in [-0.2, -0.15) is 10.2 Å². The van der Waals surface area contributed by atoms with Crippen molar-refractivity contribution in [2.75, 3.05) is 26.2 Å². The fourth-order valence-corrected chi connectivity index (χ4v) is 3.34. The number of hydrogen-bond acceptors (Lipinski definition) is 5. The number of furan rings is 1. The molecular weight excluding hydrogens is 400 g/mol. The normalized spacial score (nSPS) is 15.5. The SMILES string of the molecule is O=C(c1ccn(Cn2cc(Br)cn2)n1)N1CCN(Cc2ccco2)CC1. The highest BCUT2D eigenvalue weighted by Crippen LogP contribution is 2.12. The van der Waals surface area contributed by atoms with Gasteiger partial charge in [-0.25, -0.2) is 4.68 Å². The highest BCUT2D eigenvalue weighted by molar-refractivity contribution is 9.10. The van der Waals surface area contributed by atoms with Crippen molar-refractivity contribution in [3.05, 3.63) is 59.0 Å². The van der Waals surface area contributed by atoms with Crippen LogP contribution in [0.4, 0.5) is 0 Å². The summed E-state index contributed by atoms with van der Waals surface area (Å²) in [5, 5.41) is 8.58. The van der Waals surface area contributed by atoms with Gasteiger partial charge in [0.25, 0.3) is 5.91 Å². The first-order valence-corrected chi connectivity index (χ1v) is 9.22. The van der Waals surface area contributed by atoms with Crippen molar-refractivity contribution in [3.63, 3.8) is 0 Å². The second-order valence-electron chi connectivity index (χ2n) is 6.23. The Morgan fingerprint density at radius 3 is 2.73 bits per heavy atom. The highest BCUT2D eigenvalue weighted by Gasteiger charge is 2.24. The second-order valence-corrected chi connectivity index (χ2v) is 7.14. The molecule has 1 aliphatic heterocycles. The van der Waals surface area contributed by atoms with Gasteiger partial charge in [0.15, 0.2) is 0 Å². The Kier molecular flexibility index (Phi) is 4.89. The van der Waals surface area contributed by atoms with Crippen LogP contribution in [0.15, 0.2) is 51.9 Å². The minimum atomic E-state index is -0.0250. The highest BCUT2D eigenvalue weighted by atomic mass is 79.9. The smallest absolute Gasteiger partial charge is 0.274 e. The summed E-state index contributed by atoms with van der Waals surface area (Å²) in [5.41, 5.74) is 0.468. The zero-order chi connectivity index (χ0) is 17.9. The maximum Gasteiger partial charge on any atom is 0.274 e. The maximum atomic E-state index is 12.7. The van der Waals surface area contributed by atoms with Crippen LogP contribution in [-0.2, 0) is 13.2 Å². The summed E-state index contributed by atoms with van der Waals surface area (Å²) in [6.45, 7) is 4.29. The quantitative estimate of drug-likeness (QED) is 0.632. The van der Waals surface area contributed by atoms with E-state index >= 15 is 0 Å². The molecule has 0 aromatic carbocycles. The third kappa shape index (κ3) is 3.88. The lowest BCUT2D eigenvalue weighted by Crippen LogP contribution is -2.48. The molecule has 0 unspecified atom stereocenters. The first-order chi connectivity index (χ1) is 12.7. The molecule has 0 aliphatic carbocycles. The number of rotatable bonds is 5. The summed E-state index contributed by atoms with van der Waals surface area (Å²) in [5.74, 6) is 0.928. The summed E-state index contributed by atoms with van der Waals surface area (Å²) >= 11 is 3.37. The lowest BCUT2D eigenvalue weighted by Gasteiger charge is -2.33. The van der Waals surface area contributed by atoms with Crippen molar-refractivity contribution in [2.24, 2.45) is 0 Å². The maximum absolute atomic E-state index is 12.7. The average molecular weight is 419 g/mol. The van der Waals surface area contributed by atoms with Crippen LogP contribution in [0, 0.1) is 0 Å². The number of nitrogens with zero attached hydrogens (tertiary/aromatic N) is 6. The fraction of sp³-hybridized carbons (Fsp3) is 0.353. The Labute approximate surface area is 159 Å². The number of carbonyl (C=O) groups excluding carboxylic acids is 1. The van der Waals surface area contributed by atoms with E-state index < -0.39 is 0 Å². The van der Waals surface area contributed by atoms with E-state index in [0.717, 1.165) is 29.9 Å². The number of piperazine rings is 1. The fourth-order valence-electron chi connectivity index (χ4n) is 3.01. The van der Waals surface area contributed by atoms with Crippen LogP contribution in [-0.4, -0.2) is 61.4 Å². The molecule has 3 aromatic heterocycles. The number of halogens is 1. The van der Waals surface area contributed by atoms with Crippen molar-refractivity contribution in [1.82, 2.24) is 29.4 Å². The van der Waals surface area contributed by atoms with Crippen LogP contribution in [0.3, 0.4) is 0 Å². The van der Waals surface area contributed by atoms with Gasteiger partial charge in [-0.3, -0.25) is 14.4 Å². The summed E-state index contributed by atoms with van der Waals surface area (Å²) in [4.78, 5) is 16.8. The largest absolute Gasteiger partial charge is 0.468 e. The Balaban J connectivity index is 1.32. The van der Waals surface area contributed by atoms with Gasteiger partial charge < -0.3 is 9.32 Å². The van der Waals surface area contributed by atoms with E-state index in [2.05, 4.69) is 31.0 Å². The average Bonchev–Trinajstić information content (AvgIpc) is 3.39. The Morgan fingerprint density at radius 2 is 2.04 bits per heavy atom. The van der Waals surface area contributed by atoms with E-state index in [1.807, 2.05) is 23.2 Å². The molecule has 26 heavy (non-hydrogen) atoms. The lowest BCUT2D eigenvalue weighted by atomic mass is 10.2. The molecule has 0 radical (unpaired) electrons. The molecule has 3 aromatic rings. The minimum absolute atomic E-state index is 0.0250. The van der Waals surface area contributed by atoms with Gasteiger partial charge in [0, 0.05) is 38.6 Å². The summed E-state index contributed by atoms with van der Waals surface area (Å²) in [7, 11) is 0. The molecule has 8 nitrogen and oxygen atoms in total. The van der Waals surface area contributed by atoms with Crippen LogP contribution in [0.2, 0.25) is 0 Å². The Hall–Kier alpha value is -2.39. The van der Waals surface area contributed by atoms with E-state index in [1.165, 1.54) is 0 Å². The minimum Gasteiger partial charge on any atom is -0.468 e. The Bertz CT molecular complexity index is 864. The summed E-state index contributed by atoms with van der Waals surface area (Å²) in [6, 6.07) is 5.63. The van der Waals surface area contributed by atoms with Crippen molar-refractivity contribution in [2.45, 2.75) is 13.2 Å². The van der Waals surface area contributed by atoms with Crippen LogP contribution in [0.5, 0.6) is 0 Å². The standard InChI is InChI=1S/C17H19BrN6O2/c18-14-10-19-24(11-14)13-23-4-3-16(20-23)17(25)22-7-5-21(6-8-22)12-15-2-1-9-26-15/h1-4,9-11H,5-8,12-13H2. The van der Waals surface area contributed by atoms with Crippen molar-refractivity contribution < 1.29 is 9.21 Å². The predicted molar refractivity (Wildman–Crippen MR) is 97.4 cm³/mol. The summed E-state index contributed by atoms with van der Waals surface area (Å²) < 4.78 is 9.76. The zero-order valence-corrected chi connectivity index (χ0v) is 15.7. The number of hydrogen-bond donors (Lipinski definition) is 0. The van der Waals surface area contributed by atoms with Crippen molar-refractivity contribution >= 4 is 21.8 Å². The van der Waals surface area contributed by atoms with Gasteiger partial charge in [-0.15, -0.1) is 0 Å².